The Morgan fingerprint density at radius 1 is 1.22 bits per heavy atom. The van der Waals surface area contributed by atoms with Crippen molar-refractivity contribution in [2.75, 3.05) is 5.32 Å². The average Bonchev–Trinajstić information content (AvgIpc) is 3.10. The number of ether oxygens (including phenoxy) is 1. The smallest absolute Gasteiger partial charge is 0.349 e. The van der Waals surface area contributed by atoms with E-state index in [4.69, 9.17) is 4.74 Å². The first-order valence-electron chi connectivity index (χ1n) is 9.50. The largest absolute Gasteiger partial charge is 0.448 e. The fraction of sp³-hybridized carbons (Fsp3) is 0.550. The molecular weight excluding hydrogens is 362 g/mol. The van der Waals surface area contributed by atoms with E-state index in [-0.39, 0.29) is 5.91 Å². The van der Waals surface area contributed by atoms with Crippen LogP contribution in [0.3, 0.4) is 0 Å². The van der Waals surface area contributed by atoms with Gasteiger partial charge in [-0.1, -0.05) is 12.8 Å². The Bertz CT molecular complexity index is 828. The molecular formula is C20H27N3O3S. The third kappa shape index (κ3) is 4.40. The molecule has 7 heteroatoms. The number of thiophene rings is 1. The number of amides is 1. The Balaban J connectivity index is 1.65. The maximum atomic E-state index is 12.5. The summed E-state index contributed by atoms with van der Waals surface area (Å²) >= 11 is 1.51. The van der Waals surface area contributed by atoms with Gasteiger partial charge < -0.3 is 10.1 Å². The first kappa shape index (κ1) is 19.6. The number of rotatable bonds is 4. The second kappa shape index (κ2) is 8.25. The number of carbonyl (C=O) groups is 2. The Morgan fingerprint density at radius 3 is 2.59 bits per heavy atom. The minimum Gasteiger partial charge on any atom is -0.448 e. The van der Waals surface area contributed by atoms with Gasteiger partial charge in [-0.25, -0.2) is 4.79 Å². The number of hydrogen-bond donors (Lipinski definition) is 1. The number of aromatic nitrogens is 2. The van der Waals surface area contributed by atoms with Gasteiger partial charge >= 0.3 is 5.97 Å². The minimum atomic E-state index is -0.874. The monoisotopic (exact) mass is 389 g/mol. The van der Waals surface area contributed by atoms with E-state index in [1.807, 2.05) is 27.0 Å². The highest BCUT2D eigenvalue weighted by atomic mass is 32.1. The van der Waals surface area contributed by atoms with Gasteiger partial charge in [-0.15, -0.1) is 11.3 Å². The molecule has 6 nitrogen and oxygen atoms in total. The topological polar surface area (TPSA) is 73.2 Å². The fourth-order valence-corrected chi connectivity index (χ4v) is 4.53. The summed E-state index contributed by atoms with van der Waals surface area (Å²) in [5, 5.41) is 7.11. The summed E-state index contributed by atoms with van der Waals surface area (Å²) in [6.07, 6.45) is 6.02. The van der Waals surface area contributed by atoms with Crippen LogP contribution >= 0.6 is 11.3 Å². The molecule has 1 amide bonds. The summed E-state index contributed by atoms with van der Waals surface area (Å²) in [6, 6.07) is 1.95. The predicted molar refractivity (Wildman–Crippen MR) is 106 cm³/mol. The molecule has 1 aliphatic rings. The molecule has 2 aromatic heterocycles. The van der Waals surface area contributed by atoms with Gasteiger partial charge in [0.1, 0.15) is 4.88 Å². The molecule has 146 valence electrons. The Kier molecular flexibility index (Phi) is 5.99. The van der Waals surface area contributed by atoms with Crippen molar-refractivity contribution in [2.24, 2.45) is 7.05 Å². The zero-order valence-corrected chi connectivity index (χ0v) is 17.2. The van der Waals surface area contributed by atoms with Crippen molar-refractivity contribution >= 4 is 28.9 Å². The molecule has 0 radical (unpaired) electrons. The molecule has 0 aliphatic heterocycles. The van der Waals surface area contributed by atoms with E-state index in [0.29, 0.717) is 10.6 Å². The van der Waals surface area contributed by atoms with Crippen LogP contribution in [0.4, 0.5) is 5.69 Å². The number of hydrogen-bond acceptors (Lipinski definition) is 5. The molecule has 0 spiro atoms. The van der Waals surface area contributed by atoms with Crippen LogP contribution in [0.15, 0.2) is 6.07 Å². The molecule has 0 fully saturated rings. The Hall–Kier alpha value is -2.15. The molecule has 2 heterocycles. The highest BCUT2D eigenvalue weighted by Gasteiger charge is 2.23. The highest BCUT2D eigenvalue weighted by Crippen LogP contribution is 2.29. The highest BCUT2D eigenvalue weighted by molar-refractivity contribution is 7.14. The minimum absolute atomic E-state index is 0.350. The van der Waals surface area contributed by atoms with Crippen molar-refractivity contribution in [3.63, 3.8) is 0 Å². The summed E-state index contributed by atoms with van der Waals surface area (Å²) in [4.78, 5) is 26.9. The fourth-order valence-electron chi connectivity index (χ4n) is 3.40. The second-order valence-electron chi connectivity index (χ2n) is 7.18. The van der Waals surface area contributed by atoms with Crippen molar-refractivity contribution in [1.82, 2.24) is 9.78 Å². The predicted octanol–water partition coefficient (Wildman–Crippen LogP) is 3.94. The molecule has 0 saturated heterocycles. The quantitative estimate of drug-likeness (QED) is 0.804. The van der Waals surface area contributed by atoms with Crippen molar-refractivity contribution in [3.05, 3.63) is 32.8 Å². The zero-order valence-electron chi connectivity index (χ0n) is 16.4. The molecule has 27 heavy (non-hydrogen) atoms. The number of carbonyl (C=O) groups excluding carboxylic acids is 2. The molecule has 0 unspecified atom stereocenters. The summed E-state index contributed by atoms with van der Waals surface area (Å²) in [5.74, 6) is -0.772. The Morgan fingerprint density at radius 2 is 1.93 bits per heavy atom. The van der Waals surface area contributed by atoms with E-state index in [2.05, 4.69) is 10.4 Å². The molecule has 0 aromatic carbocycles. The van der Waals surface area contributed by atoms with Gasteiger partial charge in [0.05, 0.1) is 17.1 Å². The van der Waals surface area contributed by atoms with Crippen LogP contribution in [0, 0.1) is 13.8 Å². The van der Waals surface area contributed by atoms with E-state index in [0.717, 1.165) is 24.2 Å². The lowest BCUT2D eigenvalue weighted by atomic mass is 10.00. The van der Waals surface area contributed by atoms with Gasteiger partial charge in [0, 0.05) is 11.9 Å². The van der Waals surface area contributed by atoms with E-state index >= 15 is 0 Å². The zero-order chi connectivity index (χ0) is 19.6. The van der Waals surface area contributed by atoms with Gasteiger partial charge in [0.25, 0.3) is 5.91 Å². The average molecular weight is 390 g/mol. The van der Waals surface area contributed by atoms with Crippen LogP contribution in [0.1, 0.15) is 64.1 Å². The molecule has 1 atom stereocenters. The van der Waals surface area contributed by atoms with Gasteiger partial charge in [-0.05, 0) is 58.1 Å². The maximum Gasteiger partial charge on any atom is 0.349 e. The van der Waals surface area contributed by atoms with Crippen LogP contribution in [0.25, 0.3) is 0 Å². The van der Waals surface area contributed by atoms with E-state index in [9.17, 15) is 9.59 Å². The van der Waals surface area contributed by atoms with Crippen molar-refractivity contribution in [3.8, 4) is 0 Å². The lowest BCUT2D eigenvalue weighted by Gasteiger charge is -2.13. The number of esters is 1. The van der Waals surface area contributed by atoms with Crippen molar-refractivity contribution in [1.29, 1.82) is 0 Å². The molecule has 1 aliphatic carbocycles. The van der Waals surface area contributed by atoms with E-state index < -0.39 is 12.1 Å². The van der Waals surface area contributed by atoms with Crippen LogP contribution < -0.4 is 5.32 Å². The van der Waals surface area contributed by atoms with Crippen LogP contribution in [-0.4, -0.2) is 27.8 Å². The van der Waals surface area contributed by atoms with E-state index in [1.54, 1.807) is 11.6 Å². The lowest BCUT2D eigenvalue weighted by molar-refractivity contribution is -0.123. The van der Waals surface area contributed by atoms with Crippen molar-refractivity contribution < 1.29 is 14.3 Å². The van der Waals surface area contributed by atoms with Crippen LogP contribution in [-0.2, 0) is 29.4 Å². The molecule has 0 bridgehead atoms. The SMILES string of the molecule is Cc1nn(C)c(C)c1NC(=O)[C@@H](C)OC(=O)c1cc2c(s1)CCCCCC2. The first-order valence-corrected chi connectivity index (χ1v) is 10.3. The molecule has 3 rings (SSSR count). The summed E-state index contributed by atoms with van der Waals surface area (Å²) < 4.78 is 7.14. The van der Waals surface area contributed by atoms with Crippen LogP contribution in [0.2, 0.25) is 0 Å². The molecule has 2 aromatic rings. The summed E-state index contributed by atoms with van der Waals surface area (Å²) in [6.45, 7) is 5.31. The van der Waals surface area contributed by atoms with Gasteiger partial charge in [-0.3, -0.25) is 9.48 Å². The number of anilines is 1. The molecule has 0 saturated carbocycles. The van der Waals surface area contributed by atoms with Gasteiger partial charge in [0.15, 0.2) is 6.10 Å². The number of fused-ring (bicyclic) bond motifs is 1. The molecule has 1 N–H and O–H groups in total. The second-order valence-corrected chi connectivity index (χ2v) is 8.32. The lowest BCUT2D eigenvalue weighted by Crippen LogP contribution is -2.30. The van der Waals surface area contributed by atoms with Crippen LogP contribution in [0.5, 0.6) is 0 Å². The summed E-state index contributed by atoms with van der Waals surface area (Å²) in [5.41, 5.74) is 3.53. The third-order valence-corrected chi connectivity index (χ3v) is 6.33. The van der Waals surface area contributed by atoms with Gasteiger partial charge in [-0.2, -0.15) is 5.10 Å². The Labute approximate surface area is 163 Å². The number of aryl methyl sites for hydroxylation is 4. The maximum absolute atomic E-state index is 12.5. The number of nitrogens with one attached hydrogen (secondary N) is 1. The van der Waals surface area contributed by atoms with Gasteiger partial charge in [0.2, 0.25) is 0 Å². The number of nitrogens with zero attached hydrogens (tertiary/aromatic N) is 2. The van der Waals surface area contributed by atoms with E-state index in [1.165, 1.54) is 47.5 Å². The van der Waals surface area contributed by atoms with Crippen molar-refractivity contribution in [2.45, 2.75) is 65.4 Å². The normalized spacial score (nSPS) is 15.4. The first-order chi connectivity index (χ1) is 12.9. The standard InChI is InChI=1S/C20H27N3O3S/c1-12-18(13(2)23(4)22-12)21-19(24)14(3)26-20(25)17-11-15-9-7-5-6-8-10-16(15)27-17/h11,14H,5-10H2,1-4H3,(H,21,24)/t14-/m1/s1. The third-order valence-electron chi connectivity index (χ3n) is 5.11. The summed E-state index contributed by atoms with van der Waals surface area (Å²) in [7, 11) is 1.82.